The van der Waals surface area contributed by atoms with Crippen molar-refractivity contribution in [1.29, 1.82) is 0 Å². The molecule has 1 N–H and O–H groups in total. The molecule has 0 fully saturated rings. The molecule has 0 bridgehead atoms. The highest BCUT2D eigenvalue weighted by molar-refractivity contribution is 7.07. The van der Waals surface area contributed by atoms with Crippen LogP contribution in [-0.4, -0.2) is 17.6 Å². The van der Waals surface area contributed by atoms with Gasteiger partial charge in [-0.25, -0.2) is 4.99 Å². The number of hydrogen-bond donors (Lipinski definition) is 1. The summed E-state index contributed by atoms with van der Waals surface area (Å²) in [6.45, 7) is 1.78. The Bertz CT molecular complexity index is 1650. The number of fused-ring (bicyclic) bond motifs is 1. The Morgan fingerprint density at radius 3 is 2.44 bits per heavy atom. The van der Waals surface area contributed by atoms with Gasteiger partial charge in [-0.3, -0.25) is 14.2 Å². The van der Waals surface area contributed by atoms with E-state index >= 15 is 0 Å². The Hall–Kier alpha value is -3.94. The lowest BCUT2D eigenvalue weighted by molar-refractivity contribution is -0.113. The fraction of sp³-hybridized carbons (Fsp3) is 0.107. The minimum absolute atomic E-state index is 0.239. The van der Waals surface area contributed by atoms with E-state index in [0.717, 1.165) is 11.3 Å². The summed E-state index contributed by atoms with van der Waals surface area (Å²) in [6, 6.07) is 23.1. The van der Waals surface area contributed by atoms with Crippen LogP contribution in [0.15, 0.2) is 99.9 Å². The van der Waals surface area contributed by atoms with Crippen LogP contribution in [-0.2, 0) is 4.79 Å². The predicted molar refractivity (Wildman–Crippen MR) is 143 cm³/mol. The van der Waals surface area contributed by atoms with Gasteiger partial charge in [-0.15, -0.1) is 0 Å². The minimum atomic E-state index is -0.725. The molecule has 5 rings (SSSR count). The number of carbonyl (C=O) groups is 1. The number of nitrogens with zero attached hydrogens (tertiary/aromatic N) is 2. The van der Waals surface area contributed by atoms with Crippen LogP contribution < -0.4 is 24.9 Å². The number of anilines is 1. The summed E-state index contributed by atoms with van der Waals surface area (Å²) in [4.78, 5) is 32.5. The van der Waals surface area contributed by atoms with Crippen LogP contribution in [0.25, 0.3) is 6.08 Å². The zero-order valence-corrected chi connectivity index (χ0v) is 21.1. The first-order valence-electron chi connectivity index (χ1n) is 11.2. The first-order chi connectivity index (χ1) is 17.5. The molecule has 1 aromatic heterocycles. The molecule has 36 heavy (non-hydrogen) atoms. The maximum Gasteiger partial charge on any atom is 0.271 e. The molecule has 2 heterocycles. The molecule has 6 nitrogen and oxygen atoms in total. The second-order valence-electron chi connectivity index (χ2n) is 8.20. The van der Waals surface area contributed by atoms with Gasteiger partial charge in [-0.1, -0.05) is 71.5 Å². The van der Waals surface area contributed by atoms with Crippen molar-refractivity contribution in [3.8, 4) is 5.75 Å². The molecule has 1 aliphatic rings. The second kappa shape index (κ2) is 9.97. The Morgan fingerprint density at radius 1 is 1.06 bits per heavy atom. The van der Waals surface area contributed by atoms with Gasteiger partial charge in [-0.2, -0.15) is 0 Å². The Labute approximate surface area is 216 Å². The number of amides is 1. The number of aromatic nitrogens is 1. The average molecular weight is 516 g/mol. The molecule has 4 aromatic rings. The molecule has 0 radical (unpaired) electrons. The fourth-order valence-corrected chi connectivity index (χ4v) is 5.46. The number of nitrogens with one attached hydrogen (secondary N) is 1. The summed E-state index contributed by atoms with van der Waals surface area (Å²) in [5, 5.41) is 3.40. The lowest BCUT2D eigenvalue weighted by atomic mass is 9.95. The summed E-state index contributed by atoms with van der Waals surface area (Å²) in [5.74, 6) is 0.397. The molecule has 1 atom stereocenters. The van der Waals surface area contributed by atoms with Crippen LogP contribution in [0.2, 0.25) is 5.02 Å². The Morgan fingerprint density at radius 2 is 1.75 bits per heavy atom. The van der Waals surface area contributed by atoms with E-state index in [9.17, 15) is 9.59 Å². The van der Waals surface area contributed by atoms with Gasteiger partial charge >= 0.3 is 0 Å². The molecule has 0 saturated carbocycles. The molecule has 180 valence electrons. The molecule has 0 unspecified atom stereocenters. The van der Waals surface area contributed by atoms with Crippen LogP contribution in [0.1, 0.15) is 24.1 Å². The summed E-state index contributed by atoms with van der Waals surface area (Å²) < 4.78 is 7.30. The van der Waals surface area contributed by atoms with Crippen molar-refractivity contribution in [2.24, 2.45) is 4.99 Å². The van der Waals surface area contributed by atoms with E-state index in [4.69, 9.17) is 16.3 Å². The lowest BCUT2D eigenvalue weighted by Crippen LogP contribution is -2.40. The van der Waals surface area contributed by atoms with Crippen molar-refractivity contribution in [1.82, 2.24) is 4.57 Å². The van der Waals surface area contributed by atoms with Crippen molar-refractivity contribution in [3.63, 3.8) is 0 Å². The van der Waals surface area contributed by atoms with Gasteiger partial charge in [0.1, 0.15) is 5.75 Å². The van der Waals surface area contributed by atoms with E-state index in [1.807, 2.05) is 78.9 Å². The van der Waals surface area contributed by atoms with E-state index in [2.05, 4.69) is 10.3 Å². The fourth-order valence-electron chi connectivity index (χ4n) is 4.17. The van der Waals surface area contributed by atoms with Crippen molar-refractivity contribution < 1.29 is 9.53 Å². The third kappa shape index (κ3) is 4.51. The van der Waals surface area contributed by atoms with Crippen molar-refractivity contribution in [3.05, 3.63) is 126 Å². The van der Waals surface area contributed by atoms with Gasteiger partial charge in [0.05, 0.1) is 29.0 Å². The zero-order valence-electron chi connectivity index (χ0n) is 19.6. The largest absolute Gasteiger partial charge is 0.497 e. The van der Waals surface area contributed by atoms with Crippen molar-refractivity contribution >= 4 is 40.6 Å². The van der Waals surface area contributed by atoms with Crippen LogP contribution in [0.4, 0.5) is 5.69 Å². The maximum atomic E-state index is 13.7. The number of rotatable bonds is 5. The molecule has 0 saturated heterocycles. The van der Waals surface area contributed by atoms with Crippen LogP contribution in [0, 0.1) is 0 Å². The summed E-state index contributed by atoms with van der Waals surface area (Å²) in [7, 11) is 1.61. The van der Waals surface area contributed by atoms with Gasteiger partial charge in [0.15, 0.2) is 4.80 Å². The number of benzene rings is 3. The molecule has 1 aliphatic heterocycles. The van der Waals surface area contributed by atoms with Gasteiger partial charge < -0.3 is 10.1 Å². The molecule has 1 amide bonds. The predicted octanol–water partition coefficient (Wildman–Crippen LogP) is 4.54. The van der Waals surface area contributed by atoms with E-state index in [1.165, 1.54) is 11.3 Å². The summed E-state index contributed by atoms with van der Waals surface area (Å²) in [6.07, 6.45) is 1.82. The number of hydrogen-bond acceptors (Lipinski definition) is 5. The third-order valence-electron chi connectivity index (χ3n) is 5.91. The van der Waals surface area contributed by atoms with Gasteiger partial charge in [0, 0.05) is 10.7 Å². The Balaban J connectivity index is 1.67. The van der Waals surface area contributed by atoms with E-state index in [-0.39, 0.29) is 11.5 Å². The number of halogens is 1. The first kappa shape index (κ1) is 23.8. The average Bonchev–Trinajstić information content (AvgIpc) is 3.18. The van der Waals surface area contributed by atoms with Gasteiger partial charge in [0.2, 0.25) is 0 Å². The van der Waals surface area contributed by atoms with Crippen LogP contribution in [0.5, 0.6) is 5.75 Å². The van der Waals surface area contributed by atoms with Crippen LogP contribution >= 0.6 is 22.9 Å². The highest BCUT2D eigenvalue weighted by Gasteiger charge is 2.33. The van der Waals surface area contributed by atoms with Gasteiger partial charge in [-0.05, 0) is 54.5 Å². The number of para-hydroxylation sites is 1. The molecule has 8 heteroatoms. The van der Waals surface area contributed by atoms with Crippen LogP contribution in [0.3, 0.4) is 0 Å². The topological polar surface area (TPSA) is 72.7 Å². The summed E-state index contributed by atoms with van der Waals surface area (Å²) in [5.41, 5.74) is 2.83. The lowest BCUT2D eigenvalue weighted by Gasteiger charge is -2.26. The molecule has 0 spiro atoms. The highest BCUT2D eigenvalue weighted by Crippen LogP contribution is 2.34. The molecular formula is C28H22ClN3O3S. The van der Waals surface area contributed by atoms with Crippen molar-refractivity contribution in [2.75, 3.05) is 12.4 Å². The van der Waals surface area contributed by atoms with E-state index in [1.54, 1.807) is 24.7 Å². The minimum Gasteiger partial charge on any atom is -0.497 e. The molecule has 3 aromatic carbocycles. The van der Waals surface area contributed by atoms with Gasteiger partial charge in [0.25, 0.3) is 11.5 Å². The maximum absolute atomic E-state index is 13.7. The number of methoxy groups -OCH3 is 1. The number of allylic oxidation sites excluding steroid dienone is 1. The normalized spacial score (nSPS) is 15.3. The van der Waals surface area contributed by atoms with Crippen molar-refractivity contribution in [2.45, 2.75) is 13.0 Å². The zero-order chi connectivity index (χ0) is 25.2. The quantitative estimate of drug-likeness (QED) is 0.424. The highest BCUT2D eigenvalue weighted by atomic mass is 35.5. The van der Waals surface area contributed by atoms with E-state index in [0.29, 0.717) is 36.9 Å². The molecule has 0 aliphatic carbocycles. The first-order valence-corrected chi connectivity index (χ1v) is 12.4. The smallest absolute Gasteiger partial charge is 0.271 e. The molecular weight excluding hydrogens is 494 g/mol. The third-order valence-corrected chi connectivity index (χ3v) is 7.24. The monoisotopic (exact) mass is 515 g/mol. The number of thiazole rings is 1. The van der Waals surface area contributed by atoms with E-state index < -0.39 is 6.04 Å². The Kier molecular flexibility index (Phi) is 6.59. The standard InChI is InChI=1S/C28H22ClN3O3S/c1-17-24(26(33)31-19-8-4-3-5-9-19)25(21-10-6-7-11-22(21)29)32-27(34)23(36-28(32)30-17)16-18-12-14-20(35-2)15-13-18/h3-16,25H,1-2H3,(H,31,33)/b23-16+/t25-/m0/s1. The SMILES string of the molecule is COc1ccc(/C=c2/sc3n(c2=O)[C@@H](c2ccccc2Cl)C(C(=O)Nc2ccccc2)=C(C)N=3)cc1. The number of ether oxygens (including phenoxy) is 1. The second-order valence-corrected chi connectivity index (χ2v) is 9.61. The number of carbonyl (C=O) groups excluding carboxylic acids is 1. The summed E-state index contributed by atoms with van der Waals surface area (Å²) >= 11 is 7.88.